The second-order valence-corrected chi connectivity index (χ2v) is 10.4. The van der Waals surface area contributed by atoms with Gasteiger partial charge in [0.1, 0.15) is 11.6 Å². The SMILES string of the molecule is Cn1c(SCCCN2CC3CC3(c3ccc(OC(F)(F)F)cc3)C2)nnc1C1CCOCC1. The maximum atomic E-state index is 12.4. The van der Waals surface area contributed by atoms with Gasteiger partial charge in [-0.3, -0.25) is 0 Å². The fraction of sp³-hybridized carbons (Fsp3) is 0.652. The first-order valence-corrected chi connectivity index (χ1v) is 12.5. The fourth-order valence-electron chi connectivity index (χ4n) is 5.41. The molecule has 5 rings (SSSR count). The molecule has 2 saturated heterocycles. The normalized spacial score (nSPS) is 25.9. The summed E-state index contributed by atoms with van der Waals surface area (Å²) in [5.41, 5.74) is 1.23. The summed E-state index contributed by atoms with van der Waals surface area (Å²) < 4.78 is 48.8. The van der Waals surface area contributed by atoms with E-state index in [1.54, 1.807) is 23.9 Å². The number of benzene rings is 1. The summed E-state index contributed by atoms with van der Waals surface area (Å²) in [5, 5.41) is 9.81. The van der Waals surface area contributed by atoms with E-state index in [2.05, 4.69) is 31.4 Å². The van der Waals surface area contributed by atoms with Crippen LogP contribution in [0.25, 0.3) is 0 Å². The van der Waals surface area contributed by atoms with Crippen molar-refractivity contribution in [1.82, 2.24) is 19.7 Å². The average Bonchev–Trinajstić information content (AvgIpc) is 3.16. The lowest BCUT2D eigenvalue weighted by Crippen LogP contribution is -2.28. The average molecular weight is 483 g/mol. The molecule has 0 radical (unpaired) electrons. The molecule has 3 fully saturated rings. The Morgan fingerprint density at radius 3 is 2.67 bits per heavy atom. The van der Waals surface area contributed by atoms with Crippen molar-refractivity contribution < 1.29 is 22.6 Å². The fourth-order valence-corrected chi connectivity index (χ4v) is 6.25. The summed E-state index contributed by atoms with van der Waals surface area (Å²) in [6.07, 6.45) is -0.461. The predicted molar refractivity (Wildman–Crippen MR) is 118 cm³/mol. The Hall–Kier alpha value is -1.78. The van der Waals surface area contributed by atoms with E-state index < -0.39 is 6.36 Å². The molecule has 1 aromatic heterocycles. The summed E-state index contributed by atoms with van der Waals surface area (Å²) in [5.74, 6) is 2.93. The van der Waals surface area contributed by atoms with Crippen LogP contribution in [0.4, 0.5) is 13.2 Å². The molecular weight excluding hydrogens is 453 g/mol. The molecule has 1 aromatic carbocycles. The van der Waals surface area contributed by atoms with Gasteiger partial charge in [-0.15, -0.1) is 23.4 Å². The number of ether oxygens (including phenoxy) is 2. The lowest BCUT2D eigenvalue weighted by molar-refractivity contribution is -0.274. The van der Waals surface area contributed by atoms with Crippen LogP contribution in [-0.2, 0) is 17.2 Å². The number of nitrogens with zero attached hydrogens (tertiary/aromatic N) is 4. The van der Waals surface area contributed by atoms with Gasteiger partial charge in [0.05, 0.1) is 0 Å². The minimum atomic E-state index is -4.65. The topological polar surface area (TPSA) is 52.4 Å². The van der Waals surface area contributed by atoms with Crippen molar-refractivity contribution in [3.8, 4) is 5.75 Å². The zero-order valence-electron chi connectivity index (χ0n) is 18.7. The van der Waals surface area contributed by atoms with Crippen LogP contribution in [0.15, 0.2) is 29.4 Å². The highest BCUT2D eigenvalue weighted by molar-refractivity contribution is 7.99. The number of fused-ring (bicyclic) bond motifs is 1. The number of piperidine rings is 1. The van der Waals surface area contributed by atoms with Crippen molar-refractivity contribution in [1.29, 1.82) is 0 Å². The Kier molecular flexibility index (Phi) is 6.35. The zero-order chi connectivity index (χ0) is 23.1. The number of thioether (sulfide) groups is 1. The van der Waals surface area contributed by atoms with Crippen LogP contribution < -0.4 is 4.74 Å². The van der Waals surface area contributed by atoms with Gasteiger partial charge in [-0.1, -0.05) is 23.9 Å². The van der Waals surface area contributed by atoms with Gasteiger partial charge in [0.25, 0.3) is 0 Å². The minimum absolute atomic E-state index is 0.103. The van der Waals surface area contributed by atoms with Crippen LogP contribution in [-0.4, -0.2) is 64.6 Å². The molecule has 2 aliphatic heterocycles. The highest BCUT2D eigenvalue weighted by Crippen LogP contribution is 2.59. The number of alkyl halides is 3. The molecule has 6 nitrogen and oxygen atoms in total. The summed E-state index contributed by atoms with van der Waals surface area (Å²) in [6.45, 7) is 4.64. The summed E-state index contributed by atoms with van der Waals surface area (Å²) >= 11 is 1.75. The molecule has 3 aliphatic rings. The van der Waals surface area contributed by atoms with Gasteiger partial charge < -0.3 is 18.9 Å². The molecule has 1 aliphatic carbocycles. The molecule has 10 heteroatoms. The molecule has 0 bridgehead atoms. The van der Waals surface area contributed by atoms with Crippen LogP contribution >= 0.6 is 11.8 Å². The Morgan fingerprint density at radius 2 is 1.94 bits per heavy atom. The van der Waals surface area contributed by atoms with Gasteiger partial charge in [-0.2, -0.15) is 0 Å². The third kappa shape index (κ3) is 5.02. The molecular formula is C23H29F3N4O2S. The number of halogens is 3. The van der Waals surface area contributed by atoms with E-state index in [0.29, 0.717) is 11.8 Å². The van der Waals surface area contributed by atoms with Gasteiger partial charge in [0, 0.05) is 50.4 Å². The standard InChI is InChI=1S/C23H29F3N4O2S/c1-29-20(16-7-10-31-11-8-16)27-28-21(29)33-12-2-9-30-14-18-13-22(18,15-30)17-3-5-19(6-4-17)32-23(24,25)26/h3-6,16,18H,2,7-15H2,1H3. The Bertz CT molecular complexity index is 962. The largest absolute Gasteiger partial charge is 0.573 e. The van der Waals surface area contributed by atoms with E-state index >= 15 is 0 Å². The Morgan fingerprint density at radius 1 is 1.18 bits per heavy atom. The van der Waals surface area contributed by atoms with Crippen LogP contribution in [0.3, 0.4) is 0 Å². The number of rotatable bonds is 8. The van der Waals surface area contributed by atoms with Gasteiger partial charge in [-0.25, -0.2) is 0 Å². The minimum Gasteiger partial charge on any atom is -0.406 e. The Labute approximate surface area is 195 Å². The zero-order valence-corrected chi connectivity index (χ0v) is 19.5. The van der Waals surface area contributed by atoms with Crippen molar-refractivity contribution in [3.63, 3.8) is 0 Å². The highest BCUT2D eigenvalue weighted by Gasteiger charge is 2.60. The van der Waals surface area contributed by atoms with Crippen LogP contribution in [0, 0.1) is 5.92 Å². The van der Waals surface area contributed by atoms with Crippen molar-refractivity contribution in [3.05, 3.63) is 35.7 Å². The van der Waals surface area contributed by atoms with E-state index in [9.17, 15) is 13.2 Å². The molecule has 2 atom stereocenters. The molecule has 0 N–H and O–H groups in total. The third-order valence-electron chi connectivity index (χ3n) is 7.18. The summed E-state index contributed by atoms with van der Waals surface area (Å²) in [4.78, 5) is 2.49. The molecule has 180 valence electrons. The molecule has 0 spiro atoms. The lowest BCUT2D eigenvalue weighted by atomic mass is 9.95. The summed E-state index contributed by atoms with van der Waals surface area (Å²) in [6, 6.07) is 6.46. The first-order valence-electron chi connectivity index (χ1n) is 11.5. The number of hydrogen-bond acceptors (Lipinski definition) is 6. The van der Waals surface area contributed by atoms with E-state index in [1.165, 1.54) is 12.1 Å². The summed E-state index contributed by atoms with van der Waals surface area (Å²) in [7, 11) is 2.05. The quantitative estimate of drug-likeness (QED) is 0.412. The van der Waals surface area contributed by atoms with Crippen molar-refractivity contribution in [2.24, 2.45) is 13.0 Å². The van der Waals surface area contributed by atoms with Gasteiger partial charge in [0.15, 0.2) is 5.16 Å². The highest BCUT2D eigenvalue weighted by atomic mass is 32.2. The van der Waals surface area contributed by atoms with Gasteiger partial charge >= 0.3 is 6.36 Å². The Balaban J connectivity index is 1.08. The molecule has 1 saturated carbocycles. The maximum Gasteiger partial charge on any atom is 0.573 e. The number of aromatic nitrogens is 3. The van der Waals surface area contributed by atoms with Crippen molar-refractivity contribution in [2.75, 3.05) is 38.6 Å². The van der Waals surface area contributed by atoms with Gasteiger partial charge in [-0.05, 0) is 55.8 Å². The van der Waals surface area contributed by atoms with Gasteiger partial charge in [0.2, 0.25) is 0 Å². The number of likely N-dealkylation sites (tertiary alicyclic amines) is 1. The second kappa shape index (κ2) is 9.11. The molecule has 33 heavy (non-hydrogen) atoms. The van der Waals surface area contributed by atoms with E-state index in [0.717, 1.165) is 80.8 Å². The predicted octanol–water partition coefficient (Wildman–Crippen LogP) is 4.36. The second-order valence-electron chi connectivity index (χ2n) is 9.35. The number of hydrogen-bond donors (Lipinski definition) is 0. The van der Waals surface area contributed by atoms with E-state index in [-0.39, 0.29) is 11.2 Å². The molecule has 0 amide bonds. The monoisotopic (exact) mass is 482 g/mol. The van der Waals surface area contributed by atoms with Crippen LogP contribution in [0.5, 0.6) is 5.75 Å². The lowest BCUT2D eigenvalue weighted by Gasteiger charge is -2.21. The first kappa shape index (κ1) is 23.0. The van der Waals surface area contributed by atoms with Crippen LogP contribution in [0.2, 0.25) is 0 Å². The van der Waals surface area contributed by atoms with Crippen molar-refractivity contribution >= 4 is 11.8 Å². The van der Waals surface area contributed by atoms with Crippen molar-refractivity contribution in [2.45, 2.75) is 48.5 Å². The molecule has 2 unspecified atom stereocenters. The third-order valence-corrected chi connectivity index (χ3v) is 8.29. The maximum absolute atomic E-state index is 12.4. The van der Waals surface area contributed by atoms with E-state index in [4.69, 9.17) is 4.74 Å². The molecule has 2 aromatic rings. The first-order chi connectivity index (χ1) is 15.8. The smallest absolute Gasteiger partial charge is 0.406 e. The van der Waals surface area contributed by atoms with Crippen LogP contribution in [0.1, 0.15) is 43.0 Å². The van der Waals surface area contributed by atoms with E-state index in [1.807, 2.05) is 0 Å². The molecule has 3 heterocycles.